The molecule has 0 unspecified atom stereocenters. The van der Waals surface area contributed by atoms with Crippen molar-refractivity contribution in [1.82, 2.24) is 24.4 Å². The minimum Gasteiger partial charge on any atom is -0.313 e. The summed E-state index contributed by atoms with van der Waals surface area (Å²) in [5.41, 5.74) is 2.74. The minimum absolute atomic E-state index is 0.0321. The highest BCUT2D eigenvalue weighted by molar-refractivity contribution is 7.91. The van der Waals surface area contributed by atoms with Crippen molar-refractivity contribution in [1.29, 1.82) is 0 Å². The maximum absolute atomic E-state index is 12.9. The van der Waals surface area contributed by atoms with E-state index in [9.17, 15) is 8.42 Å². The van der Waals surface area contributed by atoms with Gasteiger partial charge in [0.1, 0.15) is 0 Å². The minimum atomic E-state index is -3.47. The van der Waals surface area contributed by atoms with Gasteiger partial charge in [0.15, 0.2) is 0 Å². The molecule has 0 N–H and O–H groups in total. The molecule has 0 radical (unpaired) electrons. The summed E-state index contributed by atoms with van der Waals surface area (Å²) in [6.07, 6.45) is 6.71. The fourth-order valence-corrected chi connectivity index (χ4v) is 4.99. The van der Waals surface area contributed by atoms with Crippen LogP contribution < -0.4 is 0 Å². The quantitative estimate of drug-likeness (QED) is 0.537. The topological polar surface area (TPSA) is 81.0 Å². The van der Waals surface area contributed by atoms with Gasteiger partial charge in [-0.2, -0.15) is 0 Å². The van der Waals surface area contributed by atoms with E-state index in [0.717, 1.165) is 17.0 Å². The van der Waals surface area contributed by atoms with E-state index in [0.29, 0.717) is 19.6 Å². The molecule has 0 atom stereocenters. The first kappa shape index (κ1) is 21.1. The van der Waals surface area contributed by atoms with Crippen LogP contribution in [0, 0.1) is 5.92 Å². The third-order valence-corrected chi connectivity index (χ3v) is 6.38. The zero-order chi connectivity index (χ0) is 20.9. The number of nitrogens with zero attached hydrogens (tertiary/aromatic N) is 5. The Morgan fingerprint density at radius 3 is 2.45 bits per heavy atom. The van der Waals surface area contributed by atoms with E-state index in [2.05, 4.69) is 19.9 Å². The van der Waals surface area contributed by atoms with Crippen LogP contribution in [-0.4, -0.2) is 45.6 Å². The molecular formula is C21H27N5O2S. The van der Waals surface area contributed by atoms with Crippen molar-refractivity contribution in [2.24, 2.45) is 5.92 Å². The van der Waals surface area contributed by atoms with Crippen LogP contribution in [0.5, 0.6) is 0 Å². The largest absolute Gasteiger partial charge is 0.313 e. The second-order valence-electron chi connectivity index (χ2n) is 7.65. The molecule has 3 rings (SSSR count). The highest BCUT2D eigenvalue weighted by Gasteiger charge is 2.25. The Morgan fingerprint density at radius 1 is 1.03 bits per heavy atom. The Labute approximate surface area is 172 Å². The summed E-state index contributed by atoms with van der Waals surface area (Å²) in [5.74, 6) is 0.109. The maximum atomic E-state index is 12.9. The van der Waals surface area contributed by atoms with Gasteiger partial charge in [0.25, 0.3) is 0 Å². The molecule has 2 heterocycles. The van der Waals surface area contributed by atoms with Crippen molar-refractivity contribution in [3.8, 4) is 0 Å². The van der Waals surface area contributed by atoms with Crippen LogP contribution in [0.15, 0.2) is 60.3 Å². The average molecular weight is 414 g/mol. The van der Waals surface area contributed by atoms with Crippen LogP contribution in [-0.2, 0) is 29.5 Å². The van der Waals surface area contributed by atoms with Crippen molar-refractivity contribution in [3.63, 3.8) is 0 Å². The van der Waals surface area contributed by atoms with E-state index in [-0.39, 0.29) is 16.8 Å². The number of hydrogen-bond acceptors (Lipinski definition) is 6. The fraction of sp³-hybridized carbons (Fsp3) is 0.381. The molecule has 3 aromatic rings. The van der Waals surface area contributed by atoms with Gasteiger partial charge in [0, 0.05) is 31.7 Å². The van der Waals surface area contributed by atoms with Crippen LogP contribution in [0.4, 0.5) is 0 Å². The SMILES string of the molecule is CC(C)CS(=O)(=O)c1ncc(CN(C)Cc2cnccn2)n1Cc1ccccc1. The van der Waals surface area contributed by atoms with Gasteiger partial charge in [-0.3, -0.25) is 14.9 Å². The Bertz CT molecular complexity index is 1020. The maximum Gasteiger partial charge on any atom is 0.228 e. The molecule has 0 saturated carbocycles. The van der Waals surface area contributed by atoms with Gasteiger partial charge < -0.3 is 4.57 Å². The van der Waals surface area contributed by atoms with Gasteiger partial charge in [0.05, 0.1) is 29.9 Å². The Balaban J connectivity index is 1.89. The number of benzene rings is 1. The highest BCUT2D eigenvalue weighted by atomic mass is 32.2. The van der Waals surface area contributed by atoms with Crippen molar-refractivity contribution in [2.75, 3.05) is 12.8 Å². The van der Waals surface area contributed by atoms with Crippen LogP contribution in [0.25, 0.3) is 0 Å². The number of hydrogen-bond donors (Lipinski definition) is 0. The molecule has 0 saturated heterocycles. The van der Waals surface area contributed by atoms with Crippen LogP contribution >= 0.6 is 0 Å². The second kappa shape index (κ2) is 9.28. The molecule has 154 valence electrons. The number of rotatable bonds is 9. The summed E-state index contributed by atoms with van der Waals surface area (Å²) in [5, 5.41) is 0.137. The van der Waals surface area contributed by atoms with E-state index in [4.69, 9.17) is 0 Å². The molecule has 0 aliphatic heterocycles. The van der Waals surface area contributed by atoms with E-state index >= 15 is 0 Å². The van der Waals surface area contributed by atoms with Crippen LogP contribution in [0.1, 0.15) is 30.8 Å². The van der Waals surface area contributed by atoms with Crippen LogP contribution in [0.2, 0.25) is 0 Å². The Morgan fingerprint density at radius 2 is 1.79 bits per heavy atom. The van der Waals surface area contributed by atoms with Crippen molar-refractivity contribution in [2.45, 2.75) is 38.6 Å². The number of sulfone groups is 1. The molecule has 0 aliphatic rings. The third-order valence-electron chi connectivity index (χ3n) is 4.40. The zero-order valence-corrected chi connectivity index (χ0v) is 17.9. The lowest BCUT2D eigenvalue weighted by Gasteiger charge is -2.18. The molecule has 0 fully saturated rings. The Hall–Kier alpha value is -2.58. The first-order valence-electron chi connectivity index (χ1n) is 9.59. The monoisotopic (exact) mass is 413 g/mol. The average Bonchev–Trinajstić information content (AvgIpc) is 3.05. The van der Waals surface area contributed by atoms with Gasteiger partial charge in [-0.05, 0) is 18.5 Å². The summed E-state index contributed by atoms with van der Waals surface area (Å²) >= 11 is 0. The molecule has 0 amide bonds. The third kappa shape index (κ3) is 5.71. The first-order valence-corrected chi connectivity index (χ1v) is 11.2. The predicted octanol–water partition coefficient (Wildman–Crippen LogP) is 2.78. The molecule has 0 bridgehead atoms. The lowest BCUT2D eigenvalue weighted by atomic mass is 10.2. The standard InChI is InChI=1S/C21H27N5O2S/c1-17(2)16-29(27,28)21-24-12-20(26(21)13-18-7-5-4-6-8-18)15-25(3)14-19-11-22-9-10-23-19/h4-12,17H,13-16H2,1-3H3. The number of aromatic nitrogens is 4. The fourth-order valence-electron chi connectivity index (χ4n) is 3.24. The normalized spacial score (nSPS) is 12.0. The molecule has 1 aromatic carbocycles. The smallest absolute Gasteiger partial charge is 0.228 e. The molecule has 8 heteroatoms. The van der Waals surface area contributed by atoms with E-state index in [1.165, 1.54) is 0 Å². The van der Waals surface area contributed by atoms with Crippen molar-refractivity contribution in [3.05, 3.63) is 72.1 Å². The Kier molecular flexibility index (Phi) is 6.76. The number of imidazole rings is 1. The zero-order valence-electron chi connectivity index (χ0n) is 17.1. The van der Waals surface area contributed by atoms with E-state index in [1.54, 1.807) is 24.8 Å². The summed E-state index contributed by atoms with van der Waals surface area (Å²) in [6.45, 7) is 5.42. The first-order chi connectivity index (χ1) is 13.8. The van der Waals surface area contributed by atoms with Gasteiger partial charge in [-0.25, -0.2) is 13.4 Å². The summed E-state index contributed by atoms with van der Waals surface area (Å²) in [7, 11) is -1.50. The van der Waals surface area contributed by atoms with E-state index < -0.39 is 9.84 Å². The van der Waals surface area contributed by atoms with Crippen LogP contribution in [0.3, 0.4) is 0 Å². The second-order valence-corrected chi connectivity index (χ2v) is 9.58. The highest BCUT2D eigenvalue weighted by Crippen LogP contribution is 2.19. The van der Waals surface area contributed by atoms with Gasteiger partial charge >= 0.3 is 0 Å². The van der Waals surface area contributed by atoms with E-state index in [1.807, 2.05) is 55.8 Å². The molecular weight excluding hydrogens is 386 g/mol. The van der Waals surface area contributed by atoms with Crippen molar-refractivity contribution < 1.29 is 8.42 Å². The van der Waals surface area contributed by atoms with Gasteiger partial charge in [-0.1, -0.05) is 44.2 Å². The molecule has 2 aromatic heterocycles. The summed E-state index contributed by atoms with van der Waals surface area (Å²) in [6, 6.07) is 9.84. The predicted molar refractivity (Wildman–Crippen MR) is 112 cm³/mol. The summed E-state index contributed by atoms with van der Waals surface area (Å²) < 4.78 is 27.7. The van der Waals surface area contributed by atoms with Gasteiger partial charge in [-0.15, -0.1) is 0 Å². The molecule has 29 heavy (non-hydrogen) atoms. The lowest BCUT2D eigenvalue weighted by Crippen LogP contribution is -2.23. The lowest BCUT2D eigenvalue weighted by molar-refractivity contribution is 0.305. The molecule has 0 aliphatic carbocycles. The van der Waals surface area contributed by atoms with Gasteiger partial charge in [0.2, 0.25) is 15.0 Å². The van der Waals surface area contributed by atoms with Crippen molar-refractivity contribution >= 4 is 9.84 Å². The summed E-state index contributed by atoms with van der Waals surface area (Å²) in [4.78, 5) is 14.8. The molecule has 0 spiro atoms. The molecule has 7 nitrogen and oxygen atoms in total.